The summed E-state index contributed by atoms with van der Waals surface area (Å²) in [6.45, 7) is 10.5. The summed E-state index contributed by atoms with van der Waals surface area (Å²) in [7, 11) is 2.24. The second-order valence-electron chi connectivity index (χ2n) is 8.88. The maximum Gasteiger partial charge on any atom is 0.336 e. The highest BCUT2D eigenvalue weighted by Crippen LogP contribution is 2.46. The van der Waals surface area contributed by atoms with E-state index in [2.05, 4.69) is 36.4 Å². The Kier molecular flexibility index (Phi) is 5.82. The first-order chi connectivity index (χ1) is 14.4. The quantitative estimate of drug-likeness (QED) is 0.780. The van der Waals surface area contributed by atoms with Gasteiger partial charge in [0.05, 0.1) is 11.6 Å². The van der Waals surface area contributed by atoms with Gasteiger partial charge in [-0.3, -0.25) is 4.68 Å². The van der Waals surface area contributed by atoms with Gasteiger partial charge in [0.2, 0.25) is 0 Å². The maximum atomic E-state index is 12.9. The van der Waals surface area contributed by atoms with Crippen molar-refractivity contribution < 1.29 is 9.90 Å². The number of aliphatic hydroxyl groups excluding tert-OH is 1. The third-order valence-corrected chi connectivity index (χ3v) is 7.28. The molecule has 1 aliphatic carbocycles. The molecule has 0 spiro atoms. The first-order valence-corrected chi connectivity index (χ1v) is 11.5. The Labute approximate surface area is 179 Å². The van der Waals surface area contributed by atoms with E-state index in [-0.39, 0.29) is 6.03 Å². The van der Waals surface area contributed by atoms with E-state index >= 15 is 0 Å². The average Bonchev–Trinajstić information content (AvgIpc) is 3.02. The molecule has 3 atom stereocenters. The molecule has 6 nitrogen and oxygen atoms in total. The molecule has 0 saturated carbocycles. The minimum atomic E-state index is -0.539. The zero-order chi connectivity index (χ0) is 21.6. The molecule has 2 aliphatic rings. The minimum Gasteiger partial charge on any atom is -0.389 e. The molecule has 1 aromatic carbocycles. The molecule has 2 aromatic rings. The average molecular weight is 413 g/mol. The highest BCUT2D eigenvalue weighted by Gasteiger charge is 2.38. The highest BCUT2D eigenvalue weighted by molar-refractivity contribution is 5.94. The number of aliphatic hydroxyl groups is 1. The fourth-order valence-electron chi connectivity index (χ4n) is 5.63. The Morgan fingerprint density at radius 3 is 2.67 bits per heavy atom. The van der Waals surface area contributed by atoms with Crippen molar-refractivity contribution in [1.29, 1.82) is 0 Å². The van der Waals surface area contributed by atoms with E-state index in [1.807, 2.05) is 25.4 Å². The number of hydrogen-bond acceptors (Lipinski definition) is 3. The number of likely N-dealkylation sites (tertiary alicyclic amines) is 1. The van der Waals surface area contributed by atoms with Crippen molar-refractivity contribution >= 4 is 16.9 Å². The molecule has 6 heteroatoms. The first kappa shape index (κ1) is 21.2. The zero-order valence-corrected chi connectivity index (χ0v) is 19.0. The van der Waals surface area contributed by atoms with E-state index in [0.29, 0.717) is 25.0 Å². The lowest BCUT2D eigenvalue weighted by molar-refractivity contribution is 0.156. The van der Waals surface area contributed by atoms with E-state index < -0.39 is 6.10 Å². The predicted molar refractivity (Wildman–Crippen MR) is 122 cm³/mol. The molecule has 4 rings (SSSR count). The van der Waals surface area contributed by atoms with Gasteiger partial charge in [0, 0.05) is 36.1 Å². The molecular formula is C24H36N4O2. The molecule has 0 radical (unpaired) electrons. The fourth-order valence-corrected chi connectivity index (χ4v) is 5.63. The Morgan fingerprint density at radius 2 is 2.03 bits per heavy atom. The fraction of sp³-hybridized carbons (Fsp3) is 0.625. The summed E-state index contributed by atoms with van der Waals surface area (Å²) < 4.78 is 2.01. The minimum absolute atomic E-state index is 0.0732. The van der Waals surface area contributed by atoms with Crippen molar-refractivity contribution in [3.63, 3.8) is 0 Å². The number of piperidine rings is 1. The van der Waals surface area contributed by atoms with Gasteiger partial charge in [-0.15, -0.1) is 0 Å². The molecule has 2 heterocycles. The molecule has 1 fully saturated rings. The van der Waals surface area contributed by atoms with Crippen molar-refractivity contribution in [1.82, 2.24) is 14.5 Å². The number of benzene rings is 1. The lowest BCUT2D eigenvalue weighted by Gasteiger charge is -2.42. The van der Waals surface area contributed by atoms with Gasteiger partial charge in [0.1, 0.15) is 0 Å². The van der Waals surface area contributed by atoms with Gasteiger partial charge in [0.15, 0.2) is 0 Å². The molecule has 30 heavy (non-hydrogen) atoms. The molecule has 164 valence electrons. The summed E-state index contributed by atoms with van der Waals surface area (Å²) in [6.07, 6.45) is 3.73. The maximum absolute atomic E-state index is 12.9. The van der Waals surface area contributed by atoms with Crippen molar-refractivity contribution in [2.75, 3.05) is 32.1 Å². The van der Waals surface area contributed by atoms with Crippen molar-refractivity contribution in [3.05, 3.63) is 34.5 Å². The highest BCUT2D eigenvalue weighted by atomic mass is 16.3. The second-order valence-corrected chi connectivity index (χ2v) is 8.88. The van der Waals surface area contributed by atoms with E-state index in [9.17, 15) is 9.90 Å². The molecule has 1 aliphatic heterocycles. The smallest absolute Gasteiger partial charge is 0.336 e. The monoisotopic (exact) mass is 412 g/mol. The number of carbonyl (C=O) groups excluding carboxylic acids is 1. The van der Waals surface area contributed by atoms with E-state index in [1.165, 1.54) is 35.0 Å². The van der Waals surface area contributed by atoms with Crippen LogP contribution in [0.4, 0.5) is 4.79 Å². The number of aromatic nitrogens is 1. The summed E-state index contributed by atoms with van der Waals surface area (Å²) in [5.41, 5.74) is 9.05. The lowest BCUT2D eigenvalue weighted by atomic mass is 9.74. The molecule has 1 unspecified atom stereocenters. The number of urea groups is 1. The van der Waals surface area contributed by atoms with Crippen LogP contribution in [0.25, 0.3) is 10.9 Å². The third kappa shape index (κ3) is 3.30. The van der Waals surface area contributed by atoms with E-state index in [4.69, 9.17) is 0 Å². The summed E-state index contributed by atoms with van der Waals surface area (Å²) in [5.74, 6) is 0.483. The van der Waals surface area contributed by atoms with Crippen LogP contribution in [0, 0.1) is 0 Å². The van der Waals surface area contributed by atoms with Crippen LogP contribution >= 0.6 is 0 Å². The normalized spacial score (nSPS) is 22.1. The molecule has 1 aromatic heterocycles. The summed E-state index contributed by atoms with van der Waals surface area (Å²) in [5, 5.41) is 11.7. The number of carbonyl (C=O) groups is 1. The van der Waals surface area contributed by atoms with E-state index in [0.717, 1.165) is 30.5 Å². The van der Waals surface area contributed by atoms with Crippen molar-refractivity contribution in [3.8, 4) is 0 Å². The molecular weight excluding hydrogens is 376 g/mol. The van der Waals surface area contributed by atoms with Crippen LogP contribution in [0.1, 0.15) is 74.9 Å². The van der Waals surface area contributed by atoms with Gasteiger partial charge in [0.25, 0.3) is 0 Å². The van der Waals surface area contributed by atoms with E-state index in [1.54, 1.807) is 4.90 Å². The lowest BCUT2D eigenvalue weighted by Crippen LogP contribution is -2.44. The molecule has 2 amide bonds. The van der Waals surface area contributed by atoms with Gasteiger partial charge in [-0.25, -0.2) is 10.2 Å². The van der Waals surface area contributed by atoms with Crippen molar-refractivity contribution in [2.24, 2.45) is 0 Å². The van der Waals surface area contributed by atoms with Crippen LogP contribution in [0.2, 0.25) is 0 Å². The number of amides is 2. The summed E-state index contributed by atoms with van der Waals surface area (Å²) in [6, 6.07) is 4.71. The number of rotatable bonds is 5. The van der Waals surface area contributed by atoms with Crippen molar-refractivity contribution in [2.45, 2.75) is 71.4 Å². The predicted octanol–water partition coefficient (Wildman–Crippen LogP) is 4.00. The van der Waals surface area contributed by atoms with Gasteiger partial charge in [-0.2, -0.15) is 0 Å². The third-order valence-electron chi connectivity index (χ3n) is 7.28. The van der Waals surface area contributed by atoms with Crippen LogP contribution in [0.3, 0.4) is 0 Å². The summed E-state index contributed by atoms with van der Waals surface area (Å²) in [4.78, 5) is 17.2. The molecule has 2 N–H and O–H groups in total. The number of hydrogen-bond donors (Lipinski definition) is 2. The number of nitrogens with zero attached hydrogens (tertiary/aromatic N) is 3. The topological polar surface area (TPSA) is 60.7 Å². The van der Waals surface area contributed by atoms with Gasteiger partial charge in [-0.05, 0) is 82.8 Å². The van der Waals surface area contributed by atoms with Gasteiger partial charge in [-0.1, -0.05) is 13.0 Å². The molecule has 0 bridgehead atoms. The first-order valence-electron chi connectivity index (χ1n) is 11.5. The molecule has 1 saturated heterocycles. The van der Waals surface area contributed by atoms with Gasteiger partial charge >= 0.3 is 6.03 Å². The van der Waals surface area contributed by atoms with Crippen LogP contribution in [-0.2, 0) is 12.8 Å². The van der Waals surface area contributed by atoms with Gasteiger partial charge < -0.3 is 14.9 Å². The Hall–Kier alpha value is -2.05. The second kappa shape index (κ2) is 8.23. The van der Waals surface area contributed by atoms with Crippen LogP contribution < -0.4 is 5.43 Å². The summed E-state index contributed by atoms with van der Waals surface area (Å²) >= 11 is 0. The Bertz CT molecular complexity index is 945. The number of fused-ring (bicyclic) bond motifs is 2. The largest absolute Gasteiger partial charge is 0.389 e. The zero-order valence-electron chi connectivity index (χ0n) is 19.0. The standard InChI is InChI=1S/C24H36N4O2/c1-6-20-19-14-21-17(10-9-11-26(21)5)18-12-16(15(4)29)13-22(23(18)19)28(20)25-24(30)27(7-2)8-3/h12-13,15,17,21,29H,6-11,14H2,1-5H3,(H,25,30)/t15?,17-,21-/m1/s1. The van der Waals surface area contributed by atoms with Crippen LogP contribution in [-0.4, -0.2) is 58.3 Å². The number of nitrogens with one attached hydrogen (secondary N) is 1. The number of likely N-dealkylation sites (N-methyl/N-ethyl adjacent to an activating group) is 1. The Balaban J connectivity index is 1.93. The van der Waals surface area contributed by atoms with Crippen LogP contribution in [0.5, 0.6) is 0 Å². The SMILES string of the molecule is CCc1c2c3c(cc(C(C)O)cc3n1NC(=O)N(CC)CC)[C@H]1CCCN(C)[C@@H]1C2. The van der Waals surface area contributed by atoms with Crippen LogP contribution in [0.15, 0.2) is 12.1 Å². The Morgan fingerprint density at radius 1 is 1.30 bits per heavy atom.